The predicted octanol–water partition coefficient (Wildman–Crippen LogP) is 3.29. The minimum atomic E-state index is -0.124. The molecule has 1 aromatic heterocycles. The van der Waals surface area contributed by atoms with E-state index in [-0.39, 0.29) is 6.10 Å². The van der Waals surface area contributed by atoms with Crippen LogP contribution in [0.4, 0.5) is 17.2 Å². The van der Waals surface area contributed by atoms with E-state index in [2.05, 4.69) is 22.2 Å². The molecule has 0 fully saturated rings. The Balaban J connectivity index is 1.97. The van der Waals surface area contributed by atoms with Crippen LogP contribution in [0.5, 0.6) is 5.75 Å². The summed E-state index contributed by atoms with van der Waals surface area (Å²) in [5.41, 5.74) is 8.48. The van der Waals surface area contributed by atoms with Crippen molar-refractivity contribution in [3.63, 3.8) is 0 Å². The van der Waals surface area contributed by atoms with Crippen molar-refractivity contribution in [2.24, 2.45) is 4.99 Å². The first-order valence-electron chi connectivity index (χ1n) is 7.00. The zero-order valence-electron chi connectivity index (χ0n) is 12.1. The third kappa shape index (κ3) is 2.81. The average molecular weight is 282 g/mol. The molecule has 0 spiro atoms. The fourth-order valence-corrected chi connectivity index (χ4v) is 2.25. The summed E-state index contributed by atoms with van der Waals surface area (Å²) in [7, 11) is 0. The summed E-state index contributed by atoms with van der Waals surface area (Å²) in [5.74, 6) is 2.21. The zero-order valence-corrected chi connectivity index (χ0v) is 12.1. The van der Waals surface area contributed by atoms with Gasteiger partial charge in [0.2, 0.25) is 0 Å². The number of ether oxygens (including phenoxy) is 1. The van der Waals surface area contributed by atoms with Crippen molar-refractivity contribution in [3.05, 3.63) is 42.1 Å². The summed E-state index contributed by atoms with van der Waals surface area (Å²) in [5, 5.41) is 3.32. The third-order valence-corrected chi connectivity index (χ3v) is 3.35. The molecule has 0 aliphatic carbocycles. The summed E-state index contributed by atoms with van der Waals surface area (Å²) < 4.78 is 5.98. The van der Waals surface area contributed by atoms with E-state index in [1.807, 2.05) is 37.3 Å². The Morgan fingerprint density at radius 1 is 1.33 bits per heavy atom. The smallest absolute Gasteiger partial charge is 0.156 e. The van der Waals surface area contributed by atoms with Gasteiger partial charge < -0.3 is 15.8 Å². The summed E-state index contributed by atoms with van der Waals surface area (Å²) in [6.07, 6.45) is 2.45. The van der Waals surface area contributed by atoms with Gasteiger partial charge in [-0.3, -0.25) is 0 Å². The lowest BCUT2D eigenvalue weighted by Gasteiger charge is -2.28. The molecule has 5 nitrogen and oxygen atoms in total. The molecule has 108 valence electrons. The Labute approximate surface area is 123 Å². The van der Waals surface area contributed by atoms with Gasteiger partial charge in [-0.25, -0.2) is 9.98 Å². The second kappa shape index (κ2) is 5.44. The molecular formula is C16H18N4O. The number of hydrogen-bond donors (Lipinski definition) is 2. The molecule has 3 N–H and O–H groups in total. The van der Waals surface area contributed by atoms with Crippen LogP contribution in [0.25, 0.3) is 0 Å². The fraction of sp³-hybridized carbons (Fsp3) is 0.250. The Morgan fingerprint density at radius 3 is 2.95 bits per heavy atom. The molecule has 1 atom stereocenters. The van der Waals surface area contributed by atoms with Crippen LogP contribution in [-0.4, -0.2) is 16.9 Å². The van der Waals surface area contributed by atoms with Crippen molar-refractivity contribution < 1.29 is 4.74 Å². The number of amidine groups is 1. The van der Waals surface area contributed by atoms with E-state index in [0.29, 0.717) is 11.5 Å². The highest BCUT2D eigenvalue weighted by atomic mass is 16.5. The van der Waals surface area contributed by atoms with Crippen molar-refractivity contribution in [2.75, 3.05) is 11.1 Å². The third-order valence-electron chi connectivity index (χ3n) is 3.35. The van der Waals surface area contributed by atoms with Crippen LogP contribution in [0.15, 0.2) is 41.5 Å². The van der Waals surface area contributed by atoms with Crippen molar-refractivity contribution >= 4 is 23.0 Å². The molecular weight excluding hydrogens is 264 g/mol. The monoisotopic (exact) mass is 282 g/mol. The number of hydrogen-bond acceptors (Lipinski definition) is 4. The van der Waals surface area contributed by atoms with E-state index in [1.54, 1.807) is 6.20 Å². The highest BCUT2D eigenvalue weighted by Crippen LogP contribution is 2.32. The number of nitrogens with one attached hydrogen (secondary N) is 1. The molecule has 0 saturated carbocycles. The zero-order chi connectivity index (χ0) is 14.8. The molecule has 0 amide bonds. The SMILES string of the molecule is CCC1Oc2cc(N)ccc2NC1=Nc1cc(C)ccn1. The number of anilines is 2. The van der Waals surface area contributed by atoms with E-state index in [1.165, 1.54) is 0 Å². The van der Waals surface area contributed by atoms with Gasteiger partial charge in [-0.05, 0) is 43.2 Å². The Morgan fingerprint density at radius 2 is 2.19 bits per heavy atom. The van der Waals surface area contributed by atoms with Crippen LogP contribution in [0, 0.1) is 6.92 Å². The van der Waals surface area contributed by atoms with Gasteiger partial charge in [0.05, 0.1) is 5.69 Å². The molecule has 3 rings (SSSR count). The Kier molecular flexibility index (Phi) is 3.48. The standard InChI is InChI=1S/C16H18N4O/c1-3-13-16(20-15-8-10(2)6-7-18-15)19-12-5-4-11(17)9-14(12)21-13/h4-9,13H,3,17H2,1-2H3,(H,18,19,20). The Bertz CT molecular complexity index is 696. The second-order valence-electron chi connectivity index (χ2n) is 5.08. The van der Waals surface area contributed by atoms with E-state index < -0.39 is 0 Å². The summed E-state index contributed by atoms with van der Waals surface area (Å²) >= 11 is 0. The first-order valence-corrected chi connectivity index (χ1v) is 7.00. The van der Waals surface area contributed by atoms with Gasteiger partial charge in [-0.15, -0.1) is 0 Å². The Hall–Kier alpha value is -2.56. The number of aromatic nitrogens is 1. The van der Waals surface area contributed by atoms with Gasteiger partial charge in [0.25, 0.3) is 0 Å². The maximum atomic E-state index is 5.98. The van der Waals surface area contributed by atoms with Crippen LogP contribution in [0.1, 0.15) is 18.9 Å². The lowest BCUT2D eigenvalue weighted by atomic mass is 10.1. The second-order valence-corrected chi connectivity index (χ2v) is 5.08. The van der Waals surface area contributed by atoms with Gasteiger partial charge in [0.15, 0.2) is 11.9 Å². The summed E-state index contributed by atoms with van der Waals surface area (Å²) in [4.78, 5) is 8.86. The molecule has 1 aromatic carbocycles. The number of pyridine rings is 1. The van der Waals surface area contributed by atoms with Crippen LogP contribution in [0.3, 0.4) is 0 Å². The minimum Gasteiger partial charge on any atom is -0.480 e. The van der Waals surface area contributed by atoms with Crippen molar-refractivity contribution in [2.45, 2.75) is 26.4 Å². The minimum absolute atomic E-state index is 0.124. The predicted molar refractivity (Wildman–Crippen MR) is 85.3 cm³/mol. The van der Waals surface area contributed by atoms with Crippen LogP contribution in [0.2, 0.25) is 0 Å². The molecule has 1 aliphatic rings. The largest absolute Gasteiger partial charge is 0.480 e. The molecule has 21 heavy (non-hydrogen) atoms. The maximum Gasteiger partial charge on any atom is 0.156 e. The van der Waals surface area contributed by atoms with Crippen molar-refractivity contribution in [1.82, 2.24) is 4.98 Å². The number of nitrogens with zero attached hydrogens (tertiary/aromatic N) is 2. The number of rotatable bonds is 2. The molecule has 0 radical (unpaired) electrons. The number of aliphatic imine (C=N–C) groups is 1. The normalized spacial score (nSPS) is 18.8. The highest BCUT2D eigenvalue weighted by molar-refractivity contribution is 6.03. The van der Waals surface area contributed by atoms with Crippen molar-refractivity contribution in [1.29, 1.82) is 0 Å². The van der Waals surface area contributed by atoms with Crippen LogP contribution < -0.4 is 15.8 Å². The summed E-state index contributed by atoms with van der Waals surface area (Å²) in [6, 6.07) is 9.45. The first kappa shape index (κ1) is 13.4. The van der Waals surface area contributed by atoms with Crippen LogP contribution in [-0.2, 0) is 0 Å². The lowest BCUT2D eigenvalue weighted by molar-refractivity contribution is 0.259. The molecule has 0 saturated heterocycles. The first-order chi connectivity index (χ1) is 10.2. The quantitative estimate of drug-likeness (QED) is 0.829. The number of aryl methyl sites for hydroxylation is 1. The van der Waals surface area contributed by atoms with E-state index in [4.69, 9.17) is 10.5 Å². The van der Waals surface area contributed by atoms with E-state index in [9.17, 15) is 0 Å². The number of nitrogens with two attached hydrogens (primary N) is 1. The highest BCUT2D eigenvalue weighted by Gasteiger charge is 2.24. The van der Waals surface area contributed by atoms with Crippen LogP contribution >= 0.6 is 0 Å². The molecule has 2 aromatic rings. The summed E-state index contributed by atoms with van der Waals surface area (Å²) in [6.45, 7) is 4.08. The number of nitrogen functional groups attached to an aromatic ring is 1. The van der Waals surface area contributed by atoms with Gasteiger partial charge in [0.1, 0.15) is 11.6 Å². The average Bonchev–Trinajstić information content (AvgIpc) is 2.47. The van der Waals surface area contributed by atoms with E-state index >= 15 is 0 Å². The van der Waals surface area contributed by atoms with Gasteiger partial charge in [-0.2, -0.15) is 0 Å². The van der Waals surface area contributed by atoms with Gasteiger partial charge >= 0.3 is 0 Å². The van der Waals surface area contributed by atoms with Gasteiger partial charge in [0, 0.05) is 18.0 Å². The molecule has 1 unspecified atom stereocenters. The lowest BCUT2D eigenvalue weighted by Crippen LogP contribution is -2.36. The van der Waals surface area contributed by atoms with Gasteiger partial charge in [-0.1, -0.05) is 6.92 Å². The van der Waals surface area contributed by atoms with Crippen molar-refractivity contribution in [3.8, 4) is 5.75 Å². The van der Waals surface area contributed by atoms with E-state index in [0.717, 1.165) is 29.3 Å². The fourth-order valence-electron chi connectivity index (χ4n) is 2.25. The maximum absolute atomic E-state index is 5.98. The topological polar surface area (TPSA) is 72.5 Å². The molecule has 1 aliphatic heterocycles. The molecule has 5 heteroatoms. The molecule has 0 bridgehead atoms. The number of benzene rings is 1. The molecule has 2 heterocycles. The number of fused-ring (bicyclic) bond motifs is 1.